The van der Waals surface area contributed by atoms with Gasteiger partial charge in [0.05, 0.1) is 17.4 Å². The first-order valence-electron chi connectivity index (χ1n) is 7.75. The van der Waals surface area contributed by atoms with Gasteiger partial charge < -0.3 is 10.1 Å². The van der Waals surface area contributed by atoms with Crippen molar-refractivity contribution in [2.75, 3.05) is 24.6 Å². The van der Waals surface area contributed by atoms with E-state index in [2.05, 4.69) is 10.6 Å². The number of hydrogen-bond acceptors (Lipinski definition) is 4. The number of benzene rings is 1. The molecule has 0 spiro atoms. The minimum absolute atomic E-state index is 0.0574. The number of amides is 4. The first-order chi connectivity index (χ1) is 11.1. The topological polar surface area (TPSA) is 87.7 Å². The quantitative estimate of drug-likeness (QED) is 0.868. The van der Waals surface area contributed by atoms with E-state index < -0.39 is 6.03 Å². The van der Waals surface area contributed by atoms with E-state index in [-0.39, 0.29) is 30.9 Å². The number of ether oxygens (including phenoxy) is 1. The Labute approximate surface area is 134 Å². The van der Waals surface area contributed by atoms with Crippen molar-refractivity contribution >= 4 is 23.5 Å². The Morgan fingerprint density at radius 2 is 2.17 bits per heavy atom. The average molecular weight is 317 g/mol. The van der Waals surface area contributed by atoms with E-state index in [4.69, 9.17) is 4.74 Å². The summed E-state index contributed by atoms with van der Waals surface area (Å²) in [5.41, 5.74) is 0.914. The number of imide groups is 1. The first-order valence-corrected chi connectivity index (χ1v) is 7.75. The largest absolute Gasteiger partial charge is 0.376 e. The van der Waals surface area contributed by atoms with Gasteiger partial charge in [-0.25, -0.2) is 4.79 Å². The number of anilines is 1. The fourth-order valence-corrected chi connectivity index (χ4v) is 2.80. The molecule has 1 aromatic rings. The highest BCUT2D eigenvalue weighted by molar-refractivity contribution is 6.09. The lowest BCUT2D eigenvalue weighted by atomic mass is 10.1. The van der Waals surface area contributed by atoms with Crippen LogP contribution >= 0.6 is 0 Å². The zero-order valence-electron chi connectivity index (χ0n) is 12.7. The molecule has 0 saturated carbocycles. The molecule has 0 bridgehead atoms. The lowest BCUT2D eigenvalue weighted by Crippen LogP contribution is -2.50. The van der Waals surface area contributed by atoms with Crippen molar-refractivity contribution in [2.24, 2.45) is 0 Å². The summed E-state index contributed by atoms with van der Waals surface area (Å²) in [6, 6.07) is 6.38. The van der Waals surface area contributed by atoms with Crippen molar-refractivity contribution < 1.29 is 19.1 Å². The van der Waals surface area contributed by atoms with Crippen LogP contribution in [0.25, 0.3) is 0 Å². The van der Waals surface area contributed by atoms with Gasteiger partial charge in [0.2, 0.25) is 5.91 Å². The van der Waals surface area contributed by atoms with Gasteiger partial charge in [0, 0.05) is 26.1 Å². The maximum atomic E-state index is 12.4. The molecule has 2 N–H and O–H groups in total. The van der Waals surface area contributed by atoms with Crippen molar-refractivity contribution in [3.8, 4) is 0 Å². The molecule has 2 heterocycles. The van der Waals surface area contributed by atoms with Crippen molar-refractivity contribution in [2.45, 2.75) is 25.4 Å². The Bertz CT molecular complexity index is 626. The zero-order valence-corrected chi connectivity index (χ0v) is 12.7. The zero-order chi connectivity index (χ0) is 16.2. The van der Waals surface area contributed by atoms with Crippen LogP contribution in [0.1, 0.15) is 29.6 Å². The predicted molar refractivity (Wildman–Crippen MR) is 83.3 cm³/mol. The molecule has 23 heavy (non-hydrogen) atoms. The van der Waals surface area contributed by atoms with Crippen LogP contribution in [0.3, 0.4) is 0 Å². The summed E-state index contributed by atoms with van der Waals surface area (Å²) in [6.45, 7) is 1.46. The third kappa shape index (κ3) is 3.50. The summed E-state index contributed by atoms with van der Waals surface area (Å²) in [7, 11) is 0. The van der Waals surface area contributed by atoms with Gasteiger partial charge >= 0.3 is 6.03 Å². The number of hydrogen-bond donors (Lipinski definition) is 2. The van der Waals surface area contributed by atoms with E-state index in [1.165, 1.54) is 4.90 Å². The molecule has 2 aliphatic rings. The summed E-state index contributed by atoms with van der Waals surface area (Å²) in [5.74, 6) is -0.549. The molecule has 1 atom stereocenters. The molecular weight excluding hydrogens is 298 g/mol. The predicted octanol–water partition coefficient (Wildman–Crippen LogP) is 1.04. The minimum Gasteiger partial charge on any atom is -0.376 e. The lowest BCUT2D eigenvalue weighted by molar-refractivity contribution is -0.120. The molecular formula is C16H19N3O4. The Morgan fingerprint density at radius 1 is 1.35 bits per heavy atom. The molecule has 122 valence electrons. The van der Waals surface area contributed by atoms with Crippen LogP contribution in [-0.4, -0.2) is 43.6 Å². The number of carbonyl (C=O) groups excluding carboxylic acids is 3. The molecule has 4 amide bonds. The molecule has 2 saturated heterocycles. The van der Waals surface area contributed by atoms with Crippen LogP contribution in [0, 0.1) is 0 Å². The molecule has 3 rings (SSSR count). The minimum atomic E-state index is -0.499. The Kier molecular flexibility index (Phi) is 4.57. The molecule has 7 nitrogen and oxygen atoms in total. The number of nitrogens with one attached hydrogen (secondary N) is 2. The second-order valence-corrected chi connectivity index (χ2v) is 5.62. The van der Waals surface area contributed by atoms with E-state index >= 15 is 0 Å². The highest BCUT2D eigenvalue weighted by Gasteiger charge is 2.27. The van der Waals surface area contributed by atoms with Crippen LogP contribution in [0.4, 0.5) is 10.5 Å². The maximum absolute atomic E-state index is 12.4. The van der Waals surface area contributed by atoms with Gasteiger partial charge in [0.15, 0.2) is 0 Å². The van der Waals surface area contributed by atoms with E-state index in [0.717, 1.165) is 19.4 Å². The Balaban J connectivity index is 1.73. The first kappa shape index (κ1) is 15.5. The third-order valence-corrected chi connectivity index (χ3v) is 4.01. The smallest absolute Gasteiger partial charge is 0.328 e. The van der Waals surface area contributed by atoms with Gasteiger partial charge in [-0.15, -0.1) is 0 Å². The fourth-order valence-electron chi connectivity index (χ4n) is 2.80. The van der Waals surface area contributed by atoms with Crippen molar-refractivity contribution in [1.29, 1.82) is 0 Å². The number of urea groups is 1. The van der Waals surface area contributed by atoms with E-state index in [9.17, 15) is 14.4 Å². The summed E-state index contributed by atoms with van der Waals surface area (Å²) >= 11 is 0. The van der Waals surface area contributed by atoms with Crippen molar-refractivity contribution in [3.05, 3.63) is 29.8 Å². The molecule has 2 aliphatic heterocycles. The Hall–Kier alpha value is -2.41. The Morgan fingerprint density at radius 3 is 2.91 bits per heavy atom. The standard InChI is InChI=1S/C16H19N3O4/c20-14-7-8-19(16(22)18-14)13-6-2-1-5-12(13)15(21)17-10-11-4-3-9-23-11/h1-2,5-6,11H,3-4,7-10H2,(H,17,21)(H,18,20,22)/t11-/m1/s1. The third-order valence-electron chi connectivity index (χ3n) is 4.01. The van der Waals surface area contributed by atoms with Gasteiger partial charge in [-0.2, -0.15) is 0 Å². The number of para-hydroxylation sites is 1. The van der Waals surface area contributed by atoms with Crippen molar-refractivity contribution in [1.82, 2.24) is 10.6 Å². The van der Waals surface area contributed by atoms with Crippen LogP contribution in [0.2, 0.25) is 0 Å². The van der Waals surface area contributed by atoms with Crippen molar-refractivity contribution in [3.63, 3.8) is 0 Å². The van der Waals surface area contributed by atoms with E-state index in [1.807, 2.05) is 0 Å². The van der Waals surface area contributed by atoms with Crippen LogP contribution in [0.15, 0.2) is 24.3 Å². The molecule has 0 aromatic heterocycles. The highest BCUT2D eigenvalue weighted by Crippen LogP contribution is 2.22. The highest BCUT2D eigenvalue weighted by atomic mass is 16.5. The van der Waals surface area contributed by atoms with Crippen LogP contribution in [0.5, 0.6) is 0 Å². The monoisotopic (exact) mass is 317 g/mol. The normalized spacial score (nSPS) is 21.2. The van der Waals surface area contributed by atoms with E-state index in [1.54, 1.807) is 24.3 Å². The molecule has 7 heteroatoms. The second kappa shape index (κ2) is 6.78. The van der Waals surface area contributed by atoms with Gasteiger partial charge in [-0.1, -0.05) is 12.1 Å². The summed E-state index contributed by atoms with van der Waals surface area (Å²) in [5, 5.41) is 5.12. The number of carbonyl (C=O) groups is 3. The van der Waals surface area contributed by atoms with Gasteiger partial charge in [0.25, 0.3) is 5.91 Å². The molecule has 2 fully saturated rings. The lowest BCUT2D eigenvalue weighted by Gasteiger charge is -2.28. The molecule has 1 aromatic carbocycles. The van der Waals surface area contributed by atoms with Gasteiger partial charge in [-0.3, -0.25) is 19.8 Å². The molecule has 0 aliphatic carbocycles. The second-order valence-electron chi connectivity index (χ2n) is 5.62. The maximum Gasteiger partial charge on any atom is 0.328 e. The fraction of sp³-hybridized carbons (Fsp3) is 0.438. The van der Waals surface area contributed by atoms with Gasteiger partial charge in [-0.05, 0) is 25.0 Å². The summed E-state index contributed by atoms with van der Waals surface area (Å²) in [4.78, 5) is 37.1. The SMILES string of the molecule is O=C1CCN(c2ccccc2C(=O)NC[C@H]2CCCO2)C(=O)N1. The summed E-state index contributed by atoms with van der Waals surface area (Å²) in [6.07, 6.45) is 2.23. The number of rotatable bonds is 4. The molecule has 0 unspecified atom stereocenters. The summed E-state index contributed by atoms with van der Waals surface area (Å²) < 4.78 is 5.49. The van der Waals surface area contributed by atoms with Crippen LogP contribution in [-0.2, 0) is 9.53 Å². The van der Waals surface area contributed by atoms with E-state index in [0.29, 0.717) is 17.8 Å². The number of nitrogens with zero attached hydrogens (tertiary/aromatic N) is 1. The molecule has 0 radical (unpaired) electrons. The average Bonchev–Trinajstić information content (AvgIpc) is 3.06. The van der Waals surface area contributed by atoms with Gasteiger partial charge in [0.1, 0.15) is 0 Å². The van der Waals surface area contributed by atoms with Crippen LogP contribution < -0.4 is 15.5 Å².